The van der Waals surface area contributed by atoms with E-state index in [1.807, 2.05) is 0 Å². The zero-order valence-corrected chi connectivity index (χ0v) is 7.96. The first-order valence-electron chi connectivity index (χ1n) is 3.42. The lowest BCUT2D eigenvalue weighted by atomic mass is 10.3. The zero-order chi connectivity index (χ0) is 9.84. The number of oxime groups is 1. The number of nitrogens with zero attached hydrogens (tertiary/aromatic N) is 2. The van der Waals surface area contributed by atoms with Gasteiger partial charge in [-0.15, -0.1) is 11.3 Å². The third-order valence-electron chi connectivity index (χ3n) is 1.25. The van der Waals surface area contributed by atoms with Crippen molar-refractivity contribution in [1.29, 1.82) is 0 Å². The zero-order valence-electron chi connectivity index (χ0n) is 7.14. The first-order valence-corrected chi connectivity index (χ1v) is 4.30. The third kappa shape index (κ3) is 2.25. The summed E-state index contributed by atoms with van der Waals surface area (Å²) in [5.41, 5.74) is 0.156. The van der Waals surface area contributed by atoms with Crippen LogP contribution in [0.4, 0.5) is 0 Å². The molecule has 0 unspecified atom stereocenters. The number of aryl methyl sites for hydroxylation is 1. The van der Waals surface area contributed by atoms with E-state index in [0.717, 1.165) is 5.01 Å². The molecule has 0 radical (unpaired) electrons. The average molecular weight is 200 g/mol. The molecule has 0 saturated carbocycles. The Balaban J connectivity index is 3.02. The van der Waals surface area contributed by atoms with E-state index >= 15 is 0 Å². The van der Waals surface area contributed by atoms with Crippen molar-refractivity contribution >= 4 is 23.0 Å². The second kappa shape index (κ2) is 3.99. The summed E-state index contributed by atoms with van der Waals surface area (Å²) in [5, 5.41) is 14.5. The predicted molar refractivity (Wildman–Crippen MR) is 48.0 cm³/mol. The predicted octanol–water partition coefficient (Wildman–Crippen LogP) is 0.887. The molecule has 0 atom stereocenters. The topological polar surface area (TPSA) is 71.8 Å². The van der Waals surface area contributed by atoms with Crippen LogP contribution in [0.5, 0.6) is 0 Å². The van der Waals surface area contributed by atoms with Gasteiger partial charge in [0.2, 0.25) is 5.71 Å². The van der Waals surface area contributed by atoms with Gasteiger partial charge in [0.1, 0.15) is 12.8 Å². The quantitative estimate of drug-likeness (QED) is 0.581. The Kier molecular flexibility index (Phi) is 2.97. The van der Waals surface area contributed by atoms with E-state index in [2.05, 4.69) is 15.0 Å². The Morgan fingerprint density at radius 1 is 1.77 bits per heavy atom. The van der Waals surface area contributed by atoms with Crippen LogP contribution < -0.4 is 0 Å². The van der Waals surface area contributed by atoms with Gasteiger partial charge in [-0.05, 0) is 6.92 Å². The van der Waals surface area contributed by atoms with E-state index < -0.39 is 5.97 Å². The standard InChI is InChI=1S/C7H8N2O3S/c1-4-8-5(3-13-4)6(7(10)11)9-12-2/h3H,1-2H3,(H,10,11)/b9-6-. The second-order valence-corrected chi connectivity index (χ2v) is 3.24. The van der Waals surface area contributed by atoms with Crippen LogP contribution >= 0.6 is 11.3 Å². The highest BCUT2D eigenvalue weighted by Gasteiger charge is 2.16. The molecule has 0 aliphatic rings. The number of hydrogen-bond donors (Lipinski definition) is 1. The first-order chi connectivity index (χ1) is 6.15. The van der Waals surface area contributed by atoms with E-state index in [1.165, 1.54) is 18.4 Å². The fourth-order valence-electron chi connectivity index (χ4n) is 0.759. The molecule has 0 bridgehead atoms. The molecule has 13 heavy (non-hydrogen) atoms. The van der Waals surface area contributed by atoms with E-state index in [-0.39, 0.29) is 5.71 Å². The van der Waals surface area contributed by atoms with Gasteiger partial charge in [0.15, 0.2) is 0 Å². The van der Waals surface area contributed by atoms with Crippen LogP contribution in [-0.2, 0) is 9.63 Å². The lowest BCUT2D eigenvalue weighted by molar-refractivity contribution is -0.129. The van der Waals surface area contributed by atoms with E-state index in [0.29, 0.717) is 5.69 Å². The Labute approximate surface area is 78.7 Å². The van der Waals surface area contributed by atoms with Crippen molar-refractivity contribution in [3.63, 3.8) is 0 Å². The molecule has 0 fully saturated rings. The van der Waals surface area contributed by atoms with Crippen LogP contribution in [0.15, 0.2) is 10.5 Å². The summed E-state index contributed by atoms with van der Waals surface area (Å²) < 4.78 is 0. The van der Waals surface area contributed by atoms with E-state index in [1.54, 1.807) is 12.3 Å². The summed E-state index contributed by atoms with van der Waals surface area (Å²) in [6.45, 7) is 1.79. The summed E-state index contributed by atoms with van der Waals surface area (Å²) in [4.78, 5) is 19.0. The molecule has 0 spiro atoms. The van der Waals surface area contributed by atoms with Crippen molar-refractivity contribution in [3.8, 4) is 0 Å². The van der Waals surface area contributed by atoms with Crippen molar-refractivity contribution in [2.24, 2.45) is 5.16 Å². The summed E-state index contributed by atoms with van der Waals surface area (Å²) in [7, 11) is 1.29. The highest BCUT2D eigenvalue weighted by molar-refractivity contribution is 7.09. The monoisotopic (exact) mass is 200 g/mol. The third-order valence-corrected chi connectivity index (χ3v) is 2.02. The van der Waals surface area contributed by atoms with Gasteiger partial charge in [0.25, 0.3) is 0 Å². The first kappa shape index (κ1) is 9.66. The molecule has 70 valence electrons. The van der Waals surface area contributed by atoms with Crippen LogP contribution in [-0.4, -0.2) is 28.9 Å². The molecule has 0 saturated heterocycles. The SMILES string of the molecule is CO/N=C(\C(=O)O)c1csc(C)n1. The van der Waals surface area contributed by atoms with Gasteiger partial charge in [0.05, 0.1) is 5.01 Å². The minimum absolute atomic E-state index is 0.174. The van der Waals surface area contributed by atoms with Crippen LogP contribution in [0.2, 0.25) is 0 Å². The number of hydrogen-bond acceptors (Lipinski definition) is 5. The van der Waals surface area contributed by atoms with Crippen LogP contribution in [0.25, 0.3) is 0 Å². The number of aromatic nitrogens is 1. The van der Waals surface area contributed by atoms with Crippen LogP contribution in [0.1, 0.15) is 10.7 Å². The van der Waals surface area contributed by atoms with E-state index in [4.69, 9.17) is 5.11 Å². The van der Waals surface area contributed by atoms with Gasteiger partial charge in [-0.1, -0.05) is 5.16 Å². The Hall–Kier alpha value is -1.43. The normalized spacial score (nSPS) is 11.4. The number of carboxylic acids is 1. The van der Waals surface area contributed by atoms with Gasteiger partial charge in [-0.2, -0.15) is 0 Å². The summed E-state index contributed by atoms with van der Waals surface area (Å²) >= 11 is 1.37. The van der Waals surface area contributed by atoms with Crippen molar-refractivity contribution < 1.29 is 14.7 Å². The molecule has 5 nitrogen and oxygen atoms in total. The van der Waals surface area contributed by atoms with Gasteiger partial charge in [-0.3, -0.25) is 0 Å². The number of thiazole rings is 1. The summed E-state index contributed by atoms with van der Waals surface area (Å²) in [6, 6.07) is 0. The minimum atomic E-state index is -1.15. The Morgan fingerprint density at radius 3 is 2.85 bits per heavy atom. The summed E-state index contributed by atoms with van der Waals surface area (Å²) in [5.74, 6) is -1.15. The van der Waals surface area contributed by atoms with Gasteiger partial charge in [-0.25, -0.2) is 9.78 Å². The molecular formula is C7H8N2O3S. The lowest BCUT2D eigenvalue weighted by Crippen LogP contribution is -2.15. The van der Waals surface area contributed by atoms with Crippen LogP contribution in [0.3, 0.4) is 0 Å². The summed E-state index contributed by atoms with van der Waals surface area (Å²) in [6.07, 6.45) is 0. The number of carboxylic acid groups (broad SMARTS) is 1. The maximum absolute atomic E-state index is 10.7. The Bertz CT molecular complexity index is 345. The average Bonchev–Trinajstić information content (AvgIpc) is 2.46. The molecule has 0 aliphatic heterocycles. The van der Waals surface area contributed by atoms with Crippen molar-refractivity contribution in [1.82, 2.24) is 4.98 Å². The van der Waals surface area contributed by atoms with Crippen LogP contribution in [0, 0.1) is 6.92 Å². The minimum Gasteiger partial charge on any atom is -0.476 e. The molecule has 0 amide bonds. The number of aliphatic carboxylic acids is 1. The smallest absolute Gasteiger partial charge is 0.360 e. The highest BCUT2D eigenvalue weighted by Crippen LogP contribution is 2.09. The molecule has 0 aliphatic carbocycles. The van der Waals surface area contributed by atoms with E-state index in [9.17, 15) is 4.79 Å². The molecular weight excluding hydrogens is 192 g/mol. The molecule has 0 aromatic carbocycles. The van der Waals surface area contributed by atoms with Crippen molar-refractivity contribution in [2.45, 2.75) is 6.92 Å². The Morgan fingerprint density at radius 2 is 2.46 bits per heavy atom. The number of carbonyl (C=O) groups is 1. The molecule has 1 heterocycles. The van der Waals surface area contributed by atoms with Gasteiger partial charge in [0, 0.05) is 5.38 Å². The van der Waals surface area contributed by atoms with Crippen molar-refractivity contribution in [3.05, 3.63) is 16.1 Å². The fraction of sp³-hybridized carbons (Fsp3) is 0.286. The molecule has 1 rings (SSSR count). The maximum atomic E-state index is 10.7. The fourth-order valence-corrected chi connectivity index (χ4v) is 1.36. The molecule has 6 heteroatoms. The van der Waals surface area contributed by atoms with Crippen molar-refractivity contribution in [2.75, 3.05) is 7.11 Å². The van der Waals surface area contributed by atoms with Gasteiger partial charge < -0.3 is 9.94 Å². The molecule has 1 aromatic rings. The van der Waals surface area contributed by atoms with Gasteiger partial charge >= 0.3 is 5.97 Å². The number of rotatable bonds is 3. The lowest BCUT2D eigenvalue weighted by Gasteiger charge is -1.94. The highest BCUT2D eigenvalue weighted by atomic mass is 32.1. The second-order valence-electron chi connectivity index (χ2n) is 2.18. The maximum Gasteiger partial charge on any atom is 0.360 e. The molecule has 1 N–H and O–H groups in total. The largest absolute Gasteiger partial charge is 0.476 e. The molecule has 1 aromatic heterocycles.